The standard InChI is InChI=1S/C24H22N4O2/c1-3-30-20-15-13-19(14-16-20)25-24(29)22-26-23(18-10-5-4-6-11-18)28(27-22)21-12-8-7-9-17(21)2/h4-16H,3H2,1-2H3,(H,25,29). The van der Waals surface area contributed by atoms with Crippen molar-refractivity contribution in [1.82, 2.24) is 14.8 Å². The Hall–Kier alpha value is -3.93. The maximum atomic E-state index is 12.9. The van der Waals surface area contributed by atoms with E-state index in [9.17, 15) is 4.79 Å². The van der Waals surface area contributed by atoms with E-state index in [1.807, 2.05) is 80.6 Å². The van der Waals surface area contributed by atoms with Crippen molar-refractivity contribution >= 4 is 11.6 Å². The monoisotopic (exact) mass is 398 g/mol. The Morgan fingerprint density at radius 2 is 1.67 bits per heavy atom. The first kappa shape index (κ1) is 19.4. The van der Waals surface area contributed by atoms with Gasteiger partial charge in [0, 0.05) is 11.3 Å². The van der Waals surface area contributed by atoms with Gasteiger partial charge in [0.2, 0.25) is 5.82 Å². The highest BCUT2D eigenvalue weighted by Gasteiger charge is 2.19. The molecule has 4 rings (SSSR count). The SMILES string of the molecule is CCOc1ccc(NC(=O)c2nc(-c3ccccc3)n(-c3ccccc3C)n2)cc1. The van der Waals surface area contributed by atoms with E-state index in [4.69, 9.17) is 4.74 Å². The molecule has 1 aromatic heterocycles. The summed E-state index contributed by atoms with van der Waals surface area (Å²) in [4.78, 5) is 17.4. The Morgan fingerprint density at radius 1 is 0.967 bits per heavy atom. The van der Waals surface area contributed by atoms with Crippen molar-refractivity contribution in [2.75, 3.05) is 11.9 Å². The molecule has 0 atom stereocenters. The van der Waals surface area contributed by atoms with Crippen molar-refractivity contribution < 1.29 is 9.53 Å². The van der Waals surface area contributed by atoms with E-state index >= 15 is 0 Å². The van der Waals surface area contributed by atoms with Crippen molar-refractivity contribution in [2.24, 2.45) is 0 Å². The summed E-state index contributed by atoms with van der Waals surface area (Å²) in [6.07, 6.45) is 0. The van der Waals surface area contributed by atoms with Crippen LogP contribution in [0.25, 0.3) is 17.1 Å². The number of aryl methyl sites for hydroxylation is 1. The molecule has 6 nitrogen and oxygen atoms in total. The van der Waals surface area contributed by atoms with Gasteiger partial charge in [-0.25, -0.2) is 9.67 Å². The molecule has 3 aromatic carbocycles. The molecule has 0 saturated carbocycles. The maximum Gasteiger partial charge on any atom is 0.295 e. The molecule has 4 aromatic rings. The summed E-state index contributed by atoms with van der Waals surface area (Å²) < 4.78 is 7.16. The van der Waals surface area contributed by atoms with Gasteiger partial charge in [0.25, 0.3) is 5.91 Å². The van der Waals surface area contributed by atoms with Crippen LogP contribution in [-0.2, 0) is 0 Å². The average molecular weight is 398 g/mol. The Morgan fingerprint density at radius 3 is 2.37 bits per heavy atom. The van der Waals surface area contributed by atoms with Gasteiger partial charge in [0.1, 0.15) is 5.75 Å². The quantitative estimate of drug-likeness (QED) is 0.502. The van der Waals surface area contributed by atoms with Crippen molar-refractivity contribution in [3.05, 3.63) is 90.3 Å². The van der Waals surface area contributed by atoms with E-state index in [0.29, 0.717) is 18.1 Å². The molecule has 0 saturated heterocycles. The summed E-state index contributed by atoms with van der Waals surface area (Å²) in [7, 11) is 0. The van der Waals surface area contributed by atoms with Crippen molar-refractivity contribution in [1.29, 1.82) is 0 Å². The second-order valence-electron chi connectivity index (χ2n) is 6.73. The number of amides is 1. The number of benzene rings is 3. The second-order valence-corrected chi connectivity index (χ2v) is 6.73. The predicted molar refractivity (Wildman–Crippen MR) is 117 cm³/mol. The van der Waals surface area contributed by atoms with Crippen LogP contribution in [0.4, 0.5) is 5.69 Å². The van der Waals surface area contributed by atoms with Gasteiger partial charge in [-0.05, 0) is 49.7 Å². The third kappa shape index (κ3) is 4.07. The molecule has 6 heteroatoms. The van der Waals surface area contributed by atoms with Gasteiger partial charge in [0.15, 0.2) is 5.82 Å². The van der Waals surface area contributed by atoms with E-state index < -0.39 is 0 Å². The molecule has 30 heavy (non-hydrogen) atoms. The Labute approximate surface area is 175 Å². The number of ether oxygens (including phenoxy) is 1. The molecule has 0 unspecified atom stereocenters. The fourth-order valence-corrected chi connectivity index (χ4v) is 3.14. The largest absolute Gasteiger partial charge is 0.494 e. The molecular weight excluding hydrogens is 376 g/mol. The number of hydrogen-bond donors (Lipinski definition) is 1. The van der Waals surface area contributed by atoms with E-state index in [2.05, 4.69) is 15.4 Å². The van der Waals surface area contributed by atoms with Crippen molar-refractivity contribution in [3.8, 4) is 22.8 Å². The summed E-state index contributed by atoms with van der Waals surface area (Å²) in [6.45, 7) is 4.52. The molecule has 1 N–H and O–H groups in total. The number of nitrogens with zero attached hydrogens (tertiary/aromatic N) is 3. The zero-order valence-corrected chi connectivity index (χ0v) is 16.9. The van der Waals surface area contributed by atoms with Gasteiger partial charge in [-0.15, -0.1) is 5.10 Å². The molecule has 0 radical (unpaired) electrons. The first-order valence-electron chi connectivity index (χ1n) is 9.78. The van der Waals surface area contributed by atoms with Crippen molar-refractivity contribution in [3.63, 3.8) is 0 Å². The summed E-state index contributed by atoms with van der Waals surface area (Å²) in [6, 6.07) is 24.8. The minimum Gasteiger partial charge on any atom is -0.494 e. The molecule has 0 aliphatic carbocycles. The minimum absolute atomic E-state index is 0.103. The normalized spacial score (nSPS) is 10.6. The molecule has 1 heterocycles. The smallest absolute Gasteiger partial charge is 0.295 e. The first-order valence-corrected chi connectivity index (χ1v) is 9.78. The van der Waals surface area contributed by atoms with Crippen LogP contribution in [0.3, 0.4) is 0 Å². The van der Waals surface area contributed by atoms with Crippen LogP contribution in [0.1, 0.15) is 23.1 Å². The lowest BCUT2D eigenvalue weighted by Crippen LogP contribution is -2.14. The van der Waals surface area contributed by atoms with Gasteiger partial charge in [-0.3, -0.25) is 4.79 Å². The minimum atomic E-state index is -0.372. The van der Waals surface area contributed by atoms with E-state index in [1.54, 1.807) is 16.8 Å². The fourth-order valence-electron chi connectivity index (χ4n) is 3.14. The summed E-state index contributed by atoms with van der Waals surface area (Å²) >= 11 is 0. The lowest BCUT2D eigenvalue weighted by molar-refractivity contribution is 0.101. The number of carbonyl (C=O) groups excluding carboxylic acids is 1. The highest BCUT2D eigenvalue weighted by molar-refractivity contribution is 6.01. The number of para-hydroxylation sites is 1. The first-order chi connectivity index (χ1) is 14.7. The molecule has 0 spiro atoms. The maximum absolute atomic E-state index is 12.9. The van der Waals surface area contributed by atoms with Gasteiger partial charge in [0.05, 0.1) is 12.3 Å². The molecule has 150 valence electrons. The average Bonchev–Trinajstić information content (AvgIpc) is 3.22. The number of carbonyl (C=O) groups is 1. The molecule has 1 amide bonds. The van der Waals surface area contributed by atoms with Crippen LogP contribution in [-0.4, -0.2) is 27.3 Å². The van der Waals surface area contributed by atoms with Crippen molar-refractivity contribution in [2.45, 2.75) is 13.8 Å². The molecule has 0 aliphatic rings. The third-order valence-corrected chi connectivity index (χ3v) is 4.61. The molecule has 0 bridgehead atoms. The Balaban J connectivity index is 1.68. The highest BCUT2D eigenvalue weighted by Crippen LogP contribution is 2.23. The topological polar surface area (TPSA) is 69.0 Å². The van der Waals surface area contributed by atoms with E-state index in [0.717, 1.165) is 22.6 Å². The third-order valence-electron chi connectivity index (χ3n) is 4.61. The lowest BCUT2D eigenvalue weighted by atomic mass is 10.2. The van der Waals surface area contributed by atoms with Crippen LogP contribution >= 0.6 is 0 Å². The number of anilines is 1. The second kappa shape index (κ2) is 8.61. The lowest BCUT2D eigenvalue weighted by Gasteiger charge is -2.08. The van der Waals surface area contributed by atoms with Gasteiger partial charge >= 0.3 is 0 Å². The highest BCUT2D eigenvalue weighted by atomic mass is 16.5. The van der Waals surface area contributed by atoms with Gasteiger partial charge in [-0.1, -0.05) is 48.5 Å². The molecular formula is C24H22N4O2. The zero-order chi connectivity index (χ0) is 20.9. The predicted octanol–water partition coefficient (Wildman–Crippen LogP) is 4.89. The number of hydrogen-bond acceptors (Lipinski definition) is 4. The van der Waals surface area contributed by atoms with Crippen LogP contribution in [0.15, 0.2) is 78.9 Å². The number of rotatable bonds is 6. The zero-order valence-electron chi connectivity index (χ0n) is 16.9. The molecule has 0 aliphatic heterocycles. The van der Waals surface area contributed by atoms with Gasteiger partial charge in [-0.2, -0.15) is 0 Å². The van der Waals surface area contributed by atoms with Crippen LogP contribution in [0, 0.1) is 6.92 Å². The fraction of sp³-hybridized carbons (Fsp3) is 0.125. The number of nitrogens with one attached hydrogen (secondary N) is 1. The van der Waals surface area contributed by atoms with Crippen LogP contribution in [0.2, 0.25) is 0 Å². The Kier molecular flexibility index (Phi) is 5.57. The molecule has 0 fully saturated rings. The van der Waals surface area contributed by atoms with E-state index in [-0.39, 0.29) is 11.7 Å². The summed E-state index contributed by atoms with van der Waals surface area (Å²) in [5, 5.41) is 7.38. The van der Waals surface area contributed by atoms with Crippen LogP contribution in [0.5, 0.6) is 5.75 Å². The summed E-state index contributed by atoms with van der Waals surface area (Å²) in [5.74, 6) is 1.10. The van der Waals surface area contributed by atoms with E-state index in [1.165, 1.54) is 0 Å². The van der Waals surface area contributed by atoms with Gasteiger partial charge < -0.3 is 10.1 Å². The Bertz CT molecular complexity index is 1150. The van der Waals surface area contributed by atoms with Crippen LogP contribution < -0.4 is 10.1 Å². The summed E-state index contributed by atoms with van der Waals surface area (Å²) in [5.41, 5.74) is 3.45. The number of aromatic nitrogens is 3.